The van der Waals surface area contributed by atoms with E-state index in [4.69, 9.17) is 11.6 Å². The summed E-state index contributed by atoms with van der Waals surface area (Å²) in [7, 11) is -3.70. The lowest BCUT2D eigenvalue weighted by Crippen LogP contribution is -2.28. The lowest BCUT2D eigenvalue weighted by atomic mass is 10.5. The Balaban J connectivity index is 2.55. The molecule has 9 heavy (non-hydrogen) atoms. The summed E-state index contributed by atoms with van der Waals surface area (Å²) in [4.78, 5) is 0. The van der Waals surface area contributed by atoms with Gasteiger partial charge in [-0.1, -0.05) is 0 Å². The van der Waals surface area contributed by atoms with Crippen molar-refractivity contribution in [3.05, 3.63) is 0 Å². The van der Waals surface area contributed by atoms with Gasteiger partial charge in [0, 0.05) is 0 Å². The minimum absolute atomic E-state index is 0.00386. The Morgan fingerprint density at radius 2 is 1.78 bits per heavy atom. The van der Waals surface area contributed by atoms with Crippen molar-refractivity contribution >= 4 is 22.0 Å². The predicted octanol–water partition coefficient (Wildman–Crippen LogP) is -0.115. The monoisotopic (exact) mass is 172 g/mol. The summed E-state index contributed by atoms with van der Waals surface area (Å²) >= 11 is 5.43. The summed E-state index contributed by atoms with van der Waals surface area (Å²) in [6.07, 6.45) is 0. The van der Waals surface area contributed by atoms with Gasteiger partial charge < -0.3 is 0 Å². The van der Waals surface area contributed by atoms with Crippen LogP contribution in [0.2, 0.25) is 0 Å². The molecular formula is C3H5ClO4S. The number of alkyl halides is 1. The van der Waals surface area contributed by atoms with Crippen LogP contribution in [0.4, 0.5) is 0 Å². The van der Waals surface area contributed by atoms with Gasteiger partial charge in [0.2, 0.25) is 0 Å². The molecule has 1 heterocycles. The zero-order valence-electron chi connectivity index (χ0n) is 4.41. The Labute approximate surface area is 58.0 Å². The normalized spacial score (nSPS) is 28.1. The summed E-state index contributed by atoms with van der Waals surface area (Å²) in [5.74, 6) is 0. The van der Waals surface area contributed by atoms with E-state index in [-0.39, 0.29) is 18.6 Å². The molecule has 54 valence electrons. The van der Waals surface area contributed by atoms with Gasteiger partial charge in [0.1, 0.15) is 0 Å². The summed E-state index contributed by atoms with van der Waals surface area (Å²) in [5, 5.41) is -0.353. The van der Waals surface area contributed by atoms with Gasteiger partial charge in [-0.25, -0.2) is 8.37 Å². The van der Waals surface area contributed by atoms with E-state index in [1.165, 1.54) is 0 Å². The van der Waals surface area contributed by atoms with Gasteiger partial charge in [-0.3, -0.25) is 0 Å². The maximum absolute atomic E-state index is 10.3. The highest BCUT2D eigenvalue weighted by Gasteiger charge is 2.22. The van der Waals surface area contributed by atoms with Crippen LogP contribution in [-0.4, -0.2) is 27.0 Å². The Bertz CT molecular complexity index is 172. The Morgan fingerprint density at radius 3 is 2.11 bits per heavy atom. The van der Waals surface area contributed by atoms with Gasteiger partial charge in [0.15, 0.2) is 0 Å². The molecule has 0 saturated carbocycles. The van der Waals surface area contributed by atoms with E-state index < -0.39 is 10.4 Å². The highest BCUT2D eigenvalue weighted by atomic mass is 35.5. The van der Waals surface area contributed by atoms with E-state index in [9.17, 15) is 8.42 Å². The highest BCUT2D eigenvalue weighted by Crippen LogP contribution is 2.10. The molecule has 0 aromatic carbocycles. The molecule has 0 spiro atoms. The number of hydrogen-bond acceptors (Lipinski definition) is 4. The van der Waals surface area contributed by atoms with Crippen LogP contribution in [-0.2, 0) is 18.8 Å². The highest BCUT2D eigenvalue weighted by molar-refractivity contribution is 7.81. The van der Waals surface area contributed by atoms with Gasteiger partial charge in [-0.05, 0) is 0 Å². The third kappa shape index (κ3) is 2.09. The molecule has 0 radical (unpaired) electrons. The van der Waals surface area contributed by atoms with Crippen LogP contribution in [0.25, 0.3) is 0 Å². The first-order valence-electron chi connectivity index (χ1n) is 2.28. The fraction of sp³-hybridized carbons (Fsp3) is 1.00. The largest absolute Gasteiger partial charge is 0.399 e. The van der Waals surface area contributed by atoms with E-state index >= 15 is 0 Å². The molecule has 0 N–H and O–H groups in total. The molecule has 4 nitrogen and oxygen atoms in total. The van der Waals surface area contributed by atoms with Crippen LogP contribution < -0.4 is 0 Å². The van der Waals surface area contributed by atoms with Gasteiger partial charge in [-0.2, -0.15) is 8.42 Å². The summed E-state index contributed by atoms with van der Waals surface area (Å²) in [6, 6.07) is 0. The molecular weight excluding hydrogens is 168 g/mol. The molecule has 0 aromatic rings. The van der Waals surface area contributed by atoms with E-state index in [0.29, 0.717) is 0 Å². The van der Waals surface area contributed by atoms with E-state index in [2.05, 4.69) is 8.37 Å². The van der Waals surface area contributed by atoms with Crippen molar-refractivity contribution < 1.29 is 16.8 Å². The molecule has 1 saturated heterocycles. The van der Waals surface area contributed by atoms with Crippen LogP contribution in [0.3, 0.4) is 0 Å². The summed E-state index contributed by atoms with van der Waals surface area (Å²) in [5.41, 5.74) is 0. The maximum atomic E-state index is 10.3. The Hall–Kier alpha value is 0.160. The van der Waals surface area contributed by atoms with Crippen molar-refractivity contribution in [2.75, 3.05) is 13.2 Å². The van der Waals surface area contributed by atoms with Gasteiger partial charge >= 0.3 is 10.4 Å². The zero-order chi connectivity index (χ0) is 6.91. The van der Waals surface area contributed by atoms with Crippen LogP contribution in [0.15, 0.2) is 0 Å². The molecule has 6 heteroatoms. The second-order valence-corrected chi connectivity index (χ2v) is 3.48. The number of halogens is 1. The average Bonchev–Trinajstić information content (AvgIpc) is 1.78. The molecule has 0 bridgehead atoms. The molecule has 0 unspecified atom stereocenters. The molecule has 1 rings (SSSR count). The SMILES string of the molecule is O=S1(=O)OCC(Cl)CO1. The van der Waals surface area contributed by atoms with Gasteiger partial charge in [0.25, 0.3) is 0 Å². The number of rotatable bonds is 0. The molecule has 1 aliphatic rings. The Morgan fingerprint density at radius 1 is 1.33 bits per heavy atom. The Kier molecular flexibility index (Phi) is 1.95. The fourth-order valence-electron chi connectivity index (χ4n) is 0.396. The van der Waals surface area contributed by atoms with Crippen molar-refractivity contribution in [1.82, 2.24) is 0 Å². The fourth-order valence-corrected chi connectivity index (χ4v) is 1.40. The first-order chi connectivity index (χ1) is 4.10. The first-order valence-corrected chi connectivity index (χ1v) is 4.05. The van der Waals surface area contributed by atoms with Crippen LogP contribution in [0.1, 0.15) is 0 Å². The standard InChI is InChI=1S/C3H5ClO4S/c4-3-1-7-9(5,6)8-2-3/h3H,1-2H2. The third-order valence-corrected chi connectivity index (χ3v) is 1.89. The van der Waals surface area contributed by atoms with Crippen molar-refractivity contribution in [2.45, 2.75) is 5.38 Å². The zero-order valence-corrected chi connectivity index (χ0v) is 5.98. The minimum Gasteiger partial charge on any atom is -0.247 e. The average molecular weight is 173 g/mol. The molecule has 0 aromatic heterocycles. The second kappa shape index (κ2) is 2.42. The van der Waals surface area contributed by atoms with E-state index in [0.717, 1.165) is 0 Å². The van der Waals surface area contributed by atoms with Crippen molar-refractivity contribution in [3.8, 4) is 0 Å². The predicted molar refractivity (Wildman–Crippen MR) is 30.5 cm³/mol. The van der Waals surface area contributed by atoms with E-state index in [1.807, 2.05) is 0 Å². The molecule has 1 fully saturated rings. The van der Waals surface area contributed by atoms with Crippen LogP contribution >= 0.6 is 11.6 Å². The molecule has 0 aliphatic carbocycles. The molecule has 0 amide bonds. The lowest BCUT2D eigenvalue weighted by molar-refractivity contribution is 0.160. The maximum Gasteiger partial charge on any atom is 0.399 e. The molecule has 1 aliphatic heterocycles. The van der Waals surface area contributed by atoms with Crippen LogP contribution in [0, 0.1) is 0 Å². The van der Waals surface area contributed by atoms with Crippen molar-refractivity contribution in [2.24, 2.45) is 0 Å². The third-order valence-electron chi connectivity index (χ3n) is 0.786. The van der Waals surface area contributed by atoms with Crippen LogP contribution in [0.5, 0.6) is 0 Å². The second-order valence-electron chi connectivity index (χ2n) is 1.57. The smallest absolute Gasteiger partial charge is 0.247 e. The van der Waals surface area contributed by atoms with Gasteiger partial charge in [-0.15, -0.1) is 11.6 Å². The number of hydrogen-bond donors (Lipinski definition) is 0. The van der Waals surface area contributed by atoms with E-state index in [1.54, 1.807) is 0 Å². The first kappa shape index (κ1) is 7.27. The van der Waals surface area contributed by atoms with Crippen molar-refractivity contribution in [3.63, 3.8) is 0 Å². The minimum atomic E-state index is -3.70. The van der Waals surface area contributed by atoms with Gasteiger partial charge in [0.05, 0.1) is 18.6 Å². The summed E-state index contributed by atoms with van der Waals surface area (Å²) in [6.45, 7) is 0.00772. The summed E-state index contributed by atoms with van der Waals surface area (Å²) < 4.78 is 29.0. The lowest BCUT2D eigenvalue weighted by Gasteiger charge is -2.15. The topological polar surface area (TPSA) is 52.6 Å². The molecule has 0 atom stereocenters. The quantitative estimate of drug-likeness (QED) is 0.479. The van der Waals surface area contributed by atoms with Crippen molar-refractivity contribution in [1.29, 1.82) is 0 Å².